The summed E-state index contributed by atoms with van der Waals surface area (Å²) in [6.45, 7) is 3.87. The number of carbonyl (C=O) groups is 1. The van der Waals surface area contributed by atoms with E-state index in [0.29, 0.717) is 13.0 Å². The zero-order valence-corrected chi connectivity index (χ0v) is 12.9. The van der Waals surface area contributed by atoms with Crippen molar-refractivity contribution < 1.29 is 14.6 Å². The highest BCUT2D eigenvalue weighted by Crippen LogP contribution is 2.38. The minimum atomic E-state index is -0.628. The van der Waals surface area contributed by atoms with Gasteiger partial charge in [0, 0.05) is 31.6 Å². The summed E-state index contributed by atoms with van der Waals surface area (Å²) >= 11 is 0. The molecule has 2 saturated carbocycles. The van der Waals surface area contributed by atoms with Gasteiger partial charge >= 0.3 is 0 Å². The van der Waals surface area contributed by atoms with Gasteiger partial charge in [-0.1, -0.05) is 12.8 Å². The number of aliphatic hydroxyl groups is 1. The standard InChI is InChI=1S/C16H28N2O3/c19-14(17-13-16(20)6-3-7-16)12-15(4-1-2-5-15)18-8-10-21-11-9-18/h20H,1-13H2,(H,17,19). The molecule has 2 aliphatic carbocycles. The molecular formula is C16H28N2O3. The van der Waals surface area contributed by atoms with Crippen molar-refractivity contribution in [3.63, 3.8) is 0 Å². The minimum absolute atomic E-state index is 0.0378. The highest BCUT2D eigenvalue weighted by atomic mass is 16.5. The van der Waals surface area contributed by atoms with Crippen LogP contribution < -0.4 is 5.32 Å². The Bertz CT molecular complexity index is 370. The van der Waals surface area contributed by atoms with Gasteiger partial charge in [-0.2, -0.15) is 0 Å². The molecule has 0 bridgehead atoms. The number of rotatable bonds is 5. The summed E-state index contributed by atoms with van der Waals surface area (Å²) in [6.07, 6.45) is 7.95. The number of nitrogens with zero attached hydrogens (tertiary/aromatic N) is 1. The molecule has 1 saturated heterocycles. The molecule has 3 rings (SSSR count). The summed E-state index contributed by atoms with van der Waals surface area (Å²) in [7, 11) is 0. The van der Waals surface area contributed by atoms with Gasteiger partial charge < -0.3 is 15.2 Å². The van der Waals surface area contributed by atoms with Gasteiger partial charge in [-0.15, -0.1) is 0 Å². The number of hydrogen-bond acceptors (Lipinski definition) is 4. The van der Waals surface area contributed by atoms with E-state index < -0.39 is 5.60 Å². The largest absolute Gasteiger partial charge is 0.388 e. The van der Waals surface area contributed by atoms with Crippen LogP contribution in [0.3, 0.4) is 0 Å². The topological polar surface area (TPSA) is 61.8 Å². The fourth-order valence-electron chi connectivity index (χ4n) is 4.06. The molecule has 0 spiro atoms. The molecule has 1 amide bonds. The first-order chi connectivity index (χ1) is 10.1. The lowest BCUT2D eigenvalue weighted by molar-refractivity contribution is -0.127. The van der Waals surface area contributed by atoms with Gasteiger partial charge in [0.15, 0.2) is 0 Å². The molecule has 5 nitrogen and oxygen atoms in total. The van der Waals surface area contributed by atoms with E-state index in [0.717, 1.165) is 58.4 Å². The molecule has 3 aliphatic rings. The van der Waals surface area contributed by atoms with Crippen LogP contribution >= 0.6 is 0 Å². The molecular weight excluding hydrogens is 268 g/mol. The molecule has 0 radical (unpaired) electrons. The van der Waals surface area contributed by atoms with Crippen LogP contribution in [0.1, 0.15) is 51.4 Å². The second-order valence-electron chi connectivity index (χ2n) is 7.06. The highest BCUT2D eigenvalue weighted by Gasteiger charge is 2.42. The quantitative estimate of drug-likeness (QED) is 0.796. The van der Waals surface area contributed by atoms with E-state index in [1.807, 2.05) is 0 Å². The third kappa shape index (κ3) is 3.41. The number of morpholine rings is 1. The van der Waals surface area contributed by atoms with Crippen molar-refractivity contribution in [3.8, 4) is 0 Å². The summed E-state index contributed by atoms with van der Waals surface area (Å²) in [4.78, 5) is 14.8. The van der Waals surface area contributed by atoms with Gasteiger partial charge in [0.1, 0.15) is 0 Å². The van der Waals surface area contributed by atoms with Gasteiger partial charge in [0.05, 0.1) is 18.8 Å². The van der Waals surface area contributed by atoms with E-state index in [-0.39, 0.29) is 11.4 Å². The number of nitrogens with one attached hydrogen (secondary N) is 1. The van der Waals surface area contributed by atoms with Crippen LogP contribution in [0.5, 0.6) is 0 Å². The Morgan fingerprint density at radius 3 is 2.33 bits per heavy atom. The summed E-state index contributed by atoms with van der Waals surface area (Å²) in [5.41, 5.74) is -0.590. The van der Waals surface area contributed by atoms with E-state index in [9.17, 15) is 9.90 Å². The lowest BCUT2D eigenvalue weighted by Crippen LogP contribution is -2.55. The average molecular weight is 296 g/mol. The van der Waals surface area contributed by atoms with Crippen LogP contribution in [0.2, 0.25) is 0 Å². The summed E-state index contributed by atoms with van der Waals surface area (Å²) < 4.78 is 5.45. The lowest BCUT2D eigenvalue weighted by Gasteiger charge is -2.43. The Labute approximate surface area is 127 Å². The van der Waals surface area contributed by atoms with Gasteiger partial charge in [-0.05, 0) is 32.1 Å². The Morgan fingerprint density at radius 2 is 1.76 bits per heavy atom. The molecule has 2 N–H and O–H groups in total. The molecule has 1 heterocycles. The molecule has 1 aliphatic heterocycles. The van der Waals surface area contributed by atoms with E-state index in [1.165, 1.54) is 12.8 Å². The molecule has 0 unspecified atom stereocenters. The molecule has 120 valence electrons. The second-order valence-corrected chi connectivity index (χ2v) is 7.06. The fraction of sp³-hybridized carbons (Fsp3) is 0.938. The van der Waals surface area contributed by atoms with Gasteiger partial charge in [0.2, 0.25) is 5.91 Å². The van der Waals surface area contributed by atoms with E-state index >= 15 is 0 Å². The summed E-state index contributed by atoms with van der Waals surface area (Å²) in [5, 5.41) is 13.1. The van der Waals surface area contributed by atoms with E-state index in [1.54, 1.807) is 0 Å². The highest BCUT2D eigenvalue weighted by molar-refractivity contribution is 5.77. The maximum Gasteiger partial charge on any atom is 0.221 e. The monoisotopic (exact) mass is 296 g/mol. The lowest BCUT2D eigenvalue weighted by atomic mass is 9.80. The maximum atomic E-state index is 12.4. The minimum Gasteiger partial charge on any atom is -0.388 e. The molecule has 21 heavy (non-hydrogen) atoms. The van der Waals surface area contributed by atoms with Gasteiger partial charge in [-0.3, -0.25) is 9.69 Å². The Hall–Kier alpha value is -0.650. The Morgan fingerprint density at radius 1 is 1.10 bits per heavy atom. The molecule has 0 aromatic carbocycles. The SMILES string of the molecule is O=C(CC1(N2CCOCC2)CCCC1)NCC1(O)CCC1. The molecule has 3 fully saturated rings. The molecule has 0 atom stereocenters. The van der Waals surface area contributed by atoms with Crippen molar-refractivity contribution in [1.29, 1.82) is 0 Å². The van der Waals surface area contributed by atoms with E-state index in [2.05, 4.69) is 10.2 Å². The predicted octanol–water partition coefficient (Wildman–Crippen LogP) is 1.05. The Balaban J connectivity index is 1.55. The smallest absolute Gasteiger partial charge is 0.221 e. The number of hydrogen-bond donors (Lipinski definition) is 2. The molecule has 0 aromatic rings. The van der Waals surface area contributed by atoms with Crippen LogP contribution in [0.25, 0.3) is 0 Å². The number of carbonyl (C=O) groups excluding carboxylic acids is 1. The number of ether oxygens (including phenoxy) is 1. The van der Waals surface area contributed by atoms with Crippen molar-refractivity contribution in [2.45, 2.75) is 62.5 Å². The first-order valence-corrected chi connectivity index (χ1v) is 8.44. The average Bonchev–Trinajstić information content (AvgIpc) is 2.94. The van der Waals surface area contributed by atoms with Crippen molar-refractivity contribution in [3.05, 3.63) is 0 Å². The van der Waals surface area contributed by atoms with E-state index in [4.69, 9.17) is 4.74 Å². The molecule has 0 aromatic heterocycles. The van der Waals surface area contributed by atoms with Crippen LogP contribution in [0.4, 0.5) is 0 Å². The summed E-state index contributed by atoms with van der Waals surface area (Å²) in [5.74, 6) is 0.101. The first-order valence-electron chi connectivity index (χ1n) is 8.44. The predicted molar refractivity (Wildman–Crippen MR) is 80.0 cm³/mol. The normalized spacial score (nSPS) is 28.0. The van der Waals surface area contributed by atoms with Gasteiger partial charge in [0.25, 0.3) is 0 Å². The zero-order valence-electron chi connectivity index (χ0n) is 12.9. The second kappa shape index (κ2) is 6.23. The van der Waals surface area contributed by atoms with Crippen LogP contribution in [0, 0.1) is 0 Å². The van der Waals surface area contributed by atoms with Crippen LogP contribution in [-0.2, 0) is 9.53 Å². The van der Waals surface area contributed by atoms with Crippen LogP contribution in [-0.4, -0.2) is 59.9 Å². The fourth-order valence-corrected chi connectivity index (χ4v) is 4.06. The number of amides is 1. The van der Waals surface area contributed by atoms with Crippen molar-refractivity contribution in [2.24, 2.45) is 0 Å². The maximum absolute atomic E-state index is 12.4. The third-order valence-corrected chi connectivity index (χ3v) is 5.60. The zero-order chi connectivity index (χ0) is 14.8. The first kappa shape index (κ1) is 15.3. The van der Waals surface area contributed by atoms with Crippen molar-refractivity contribution in [1.82, 2.24) is 10.2 Å². The van der Waals surface area contributed by atoms with Gasteiger partial charge in [-0.25, -0.2) is 0 Å². The van der Waals surface area contributed by atoms with Crippen LogP contribution in [0.15, 0.2) is 0 Å². The Kier molecular flexibility index (Phi) is 4.52. The molecule has 5 heteroatoms. The summed E-state index contributed by atoms with van der Waals surface area (Å²) in [6, 6.07) is 0. The third-order valence-electron chi connectivity index (χ3n) is 5.60. The van der Waals surface area contributed by atoms with Crippen molar-refractivity contribution >= 4 is 5.91 Å². The van der Waals surface area contributed by atoms with Crippen molar-refractivity contribution in [2.75, 3.05) is 32.8 Å².